The summed E-state index contributed by atoms with van der Waals surface area (Å²) in [7, 11) is -2.82. The first-order valence-electron chi connectivity index (χ1n) is 9.69. The van der Waals surface area contributed by atoms with Crippen LogP contribution in [0.25, 0.3) is 0 Å². The summed E-state index contributed by atoms with van der Waals surface area (Å²) >= 11 is 0. The number of aryl methyl sites for hydroxylation is 6. The lowest BCUT2D eigenvalue weighted by molar-refractivity contribution is 0.592. The molecule has 3 aliphatic carbocycles. The van der Waals surface area contributed by atoms with Crippen LogP contribution in [0, 0.1) is 0 Å². The lowest BCUT2D eigenvalue weighted by atomic mass is 9.89. The van der Waals surface area contributed by atoms with Crippen LogP contribution >= 0.6 is 7.14 Å². The Balaban J connectivity index is 1.59. The van der Waals surface area contributed by atoms with Crippen molar-refractivity contribution in [2.75, 3.05) is 0 Å². The van der Waals surface area contributed by atoms with E-state index < -0.39 is 7.14 Å². The Bertz CT molecular complexity index is 984. The first kappa shape index (κ1) is 15.0. The van der Waals surface area contributed by atoms with E-state index in [2.05, 4.69) is 54.6 Å². The van der Waals surface area contributed by atoms with E-state index in [1.54, 1.807) is 0 Å². The van der Waals surface area contributed by atoms with Gasteiger partial charge in [-0.15, -0.1) is 0 Å². The molecule has 0 heterocycles. The van der Waals surface area contributed by atoms with Gasteiger partial charge in [-0.05, 0) is 90.1 Å². The Hall–Kier alpha value is -2.11. The molecule has 26 heavy (non-hydrogen) atoms. The molecule has 3 aromatic carbocycles. The standard InChI is InChI=1S/C24H21OP/c25-26(22-10-7-16-1-4-19(16)13-22,23-11-8-17-2-5-20(17)14-23)24-12-9-18-3-6-21(18)15-24/h7-15H,1-6H2. The second kappa shape index (κ2) is 5.21. The molecule has 2 heteroatoms. The molecule has 0 bridgehead atoms. The van der Waals surface area contributed by atoms with Gasteiger partial charge in [-0.25, -0.2) is 0 Å². The van der Waals surface area contributed by atoms with Crippen molar-refractivity contribution in [2.45, 2.75) is 38.5 Å². The maximum absolute atomic E-state index is 14.7. The van der Waals surface area contributed by atoms with Crippen molar-refractivity contribution in [3.63, 3.8) is 0 Å². The molecule has 128 valence electrons. The molecule has 3 aliphatic rings. The zero-order valence-corrected chi connectivity index (χ0v) is 15.7. The molecule has 0 saturated carbocycles. The third kappa shape index (κ3) is 1.96. The van der Waals surface area contributed by atoms with Crippen molar-refractivity contribution in [3.05, 3.63) is 88.0 Å². The fourth-order valence-corrected chi connectivity index (χ4v) is 7.34. The molecule has 0 saturated heterocycles. The lowest BCUT2D eigenvalue weighted by Crippen LogP contribution is -2.29. The molecule has 0 aliphatic heterocycles. The quantitative estimate of drug-likeness (QED) is 0.655. The molecule has 1 nitrogen and oxygen atoms in total. The van der Waals surface area contributed by atoms with E-state index in [0.29, 0.717) is 0 Å². The van der Waals surface area contributed by atoms with Crippen LogP contribution in [0.15, 0.2) is 54.6 Å². The first-order chi connectivity index (χ1) is 12.7. The highest BCUT2D eigenvalue weighted by molar-refractivity contribution is 7.85. The van der Waals surface area contributed by atoms with Crippen LogP contribution in [-0.2, 0) is 43.1 Å². The fourth-order valence-electron chi connectivity index (χ4n) is 4.58. The van der Waals surface area contributed by atoms with E-state index >= 15 is 0 Å². The molecule has 0 atom stereocenters. The Morgan fingerprint density at radius 1 is 0.462 bits per heavy atom. The van der Waals surface area contributed by atoms with Crippen LogP contribution in [-0.4, -0.2) is 0 Å². The molecule has 0 unspecified atom stereocenters. The smallest absolute Gasteiger partial charge is 0.171 e. The summed E-state index contributed by atoms with van der Waals surface area (Å²) in [4.78, 5) is 0. The fraction of sp³-hybridized carbons (Fsp3) is 0.250. The summed E-state index contributed by atoms with van der Waals surface area (Å²) in [5.41, 5.74) is 8.43. The predicted molar refractivity (Wildman–Crippen MR) is 108 cm³/mol. The lowest BCUT2D eigenvalue weighted by Gasteiger charge is -2.28. The summed E-state index contributed by atoms with van der Waals surface area (Å²) in [6, 6.07) is 19.6. The average molecular weight is 356 g/mol. The number of benzene rings is 3. The number of hydrogen-bond donors (Lipinski definition) is 0. The Kier molecular flexibility index (Phi) is 3.00. The third-order valence-electron chi connectivity index (χ3n) is 6.65. The second-order valence-corrected chi connectivity index (χ2v) is 10.7. The van der Waals surface area contributed by atoms with Crippen molar-refractivity contribution in [3.8, 4) is 0 Å². The van der Waals surface area contributed by atoms with E-state index in [9.17, 15) is 4.57 Å². The zero-order chi connectivity index (χ0) is 17.3. The van der Waals surface area contributed by atoms with Gasteiger partial charge in [0, 0.05) is 15.9 Å². The molecule has 0 fully saturated rings. The second-order valence-electron chi connectivity index (χ2n) is 7.97. The Labute approximate surface area is 154 Å². The van der Waals surface area contributed by atoms with Crippen molar-refractivity contribution >= 4 is 23.1 Å². The highest BCUT2D eigenvalue weighted by Gasteiger charge is 2.33. The van der Waals surface area contributed by atoms with Crippen LogP contribution < -0.4 is 15.9 Å². The Morgan fingerprint density at radius 2 is 0.769 bits per heavy atom. The van der Waals surface area contributed by atoms with Crippen LogP contribution in [0.3, 0.4) is 0 Å². The minimum Gasteiger partial charge on any atom is -0.309 e. The van der Waals surface area contributed by atoms with Gasteiger partial charge in [0.2, 0.25) is 0 Å². The molecule has 6 rings (SSSR count). The minimum atomic E-state index is -2.82. The molecule has 0 amide bonds. The van der Waals surface area contributed by atoms with E-state index in [1.165, 1.54) is 33.4 Å². The molecule has 0 N–H and O–H groups in total. The van der Waals surface area contributed by atoms with Crippen LogP contribution in [0.2, 0.25) is 0 Å². The molecule has 0 aromatic heterocycles. The SMILES string of the molecule is O=P(c1ccc2c(c1)CC2)(c1ccc2c(c1)CC2)c1ccc2c(c1)CC2. The van der Waals surface area contributed by atoms with Crippen LogP contribution in [0.5, 0.6) is 0 Å². The third-order valence-corrected chi connectivity index (χ3v) is 9.67. The number of hydrogen-bond acceptors (Lipinski definition) is 1. The normalized spacial score (nSPS) is 16.5. The van der Waals surface area contributed by atoms with Crippen molar-refractivity contribution < 1.29 is 4.57 Å². The predicted octanol–water partition coefficient (Wildman–Crippen LogP) is 3.62. The van der Waals surface area contributed by atoms with Crippen molar-refractivity contribution in [1.82, 2.24) is 0 Å². The average Bonchev–Trinajstić information content (AvgIpc) is 2.57. The van der Waals surface area contributed by atoms with Gasteiger partial charge in [-0.3, -0.25) is 0 Å². The van der Waals surface area contributed by atoms with E-state index in [4.69, 9.17) is 0 Å². The number of rotatable bonds is 3. The van der Waals surface area contributed by atoms with Crippen molar-refractivity contribution in [1.29, 1.82) is 0 Å². The summed E-state index contributed by atoms with van der Waals surface area (Å²) in [6.45, 7) is 0. The van der Waals surface area contributed by atoms with Gasteiger partial charge in [0.15, 0.2) is 7.14 Å². The van der Waals surface area contributed by atoms with Gasteiger partial charge >= 0.3 is 0 Å². The van der Waals surface area contributed by atoms with E-state index in [-0.39, 0.29) is 0 Å². The van der Waals surface area contributed by atoms with Crippen LogP contribution in [0.4, 0.5) is 0 Å². The van der Waals surface area contributed by atoms with E-state index in [1.807, 2.05) is 0 Å². The van der Waals surface area contributed by atoms with E-state index in [0.717, 1.165) is 54.4 Å². The minimum absolute atomic E-state index is 1.01. The first-order valence-corrected chi connectivity index (χ1v) is 11.4. The highest BCUT2D eigenvalue weighted by atomic mass is 31.2. The molecule has 0 spiro atoms. The van der Waals surface area contributed by atoms with Crippen LogP contribution in [0.1, 0.15) is 33.4 Å². The molecule has 0 radical (unpaired) electrons. The molecule has 3 aromatic rings. The largest absolute Gasteiger partial charge is 0.309 e. The van der Waals surface area contributed by atoms with Gasteiger partial charge in [0.1, 0.15) is 0 Å². The van der Waals surface area contributed by atoms with Gasteiger partial charge in [0.05, 0.1) is 0 Å². The highest BCUT2D eigenvalue weighted by Crippen LogP contribution is 2.45. The van der Waals surface area contributed by atoms with Gasteiger partial charge < -0.3 is 4.57 Å². The van der Waals surface area contributed by atoms with Gasteiger partial charge in [-0.1, -0.05) is 36.4 Å². The van der Waals surface area contributed by atoms with Crippen molar-refractivity contribution in [2.24, 2.45) is 0 Å². The number of fused-ring (bicyclic) bond motifs is 3. The molecular formula is C24H21OP. The summed E-state index contributed by atoms with van der Waals surface area (Å²) < 4.78 is 14.7. The maximum Gasteiger partial charge on any atom is 0.171 e. The van der Waals surface area contributed by atoms with Gasteiger partial charge in [0.25, 0.3) is 0 Å². The summed E-state index contributed by atoms with van der Waals surface area (Å²) in [5.74, 6) is 0. The summed E-state index contributed by atoms with van der Waals surface area (Å²) in [6.07, 6.45) is 6.86. The monoisotopic (exact) mass is 356 g/mol. The molecular weight excluding hydrogens is 335 g/mol. The van der Waals surface area contributed by atoms with Gasteiger partial charge in [-0.2, -0.15) is 0 Å². The summed E-state index contributed by atoms with van der Waals surface area (Å²) in [5, 5.41) is 3.03. The topological polar surface area (TPSA) is 17.1 Å². The Morgan fingerprint density at radius 3 is 1.00 bits per heavy atom. The maximum atomic E-state index is 14.7. The zero-order valence-electron chi connectivity index (χ0n) is 14.8.